The second-order valence-electron chi connectivity index (χ2n) is 5.42. The highest BCUT2D eigenvalue weighted by Gasteiger charge is 2.45. The monoisotopic (exact) mass is 280 g/mol. The molecule has 2 aliphatic rings. The number of fused-ring (bicyclic) bond motifs is 1. The molecule has 2 saturated heterocycles. The van der Waals surface area contributed by atoms with E-state index in [1.54, 1.807) is 0 Å². The molecule has 6 heteroatoms. The zero-order valence-corrected chi connectivity index (χ0v) is 12.2. The normalized spacial score (nSPS) is 29.8. The van der Waals surface area contributed by atoms with Crippen molar-refractivity contribution in [2.75, 3.05) is 19.6 Å². The van der Waals surface area contributed by atoms with E-state index in [0.717, 1.165) is 43.0 Å². The number of amides is 1. The predicted molar refractivity (Wildman–Crippen MR) is 74.3 cm³/mol. The lowest BCUT2D eigenvalue weighted by molar-refractivity contribution is 0.0715. The number of hydrogen-bond acceptors (Lipinski definition) is 5. The summed E-state index contributed by atoms with van der Waals surface area (Å²) in [6.45, 7) is 7.18. The van der Waals surface area contributed by atoms with Gasteiger partial charge in [-0.05, 0) is 36.2 Å². The van der Waals surface area contributed by atoms with Gasteiger partial charge in [0.2, 0.25) is 0 Å². The molecule has 2 fully saturated rings. The number of nitrogens with zero attached hydrogens (tertiary/aromatic N) is 3. The second-order valence-corrected chi connectivity index (χ2v) is 6.17. The van der Waals surface area contributed by atoms with Crippen molar-refractivity contribution in [1.29, 1.82) is 0 Å². The zero-order valence-electron chi connectivity index (χ0n) is 11.4. The number of carbonyl (C=O) groups is 1. The molecular weight excluding hydrogens is 260 g/mol. The molecule has 0 spiro atoms. The molecule has 3 rings (SSSR count). The minimum absolute atomic E-state index is 0.146. The van der Waals surface area contributed by atoms with Gasteiger partial charge in [-0.15, -0.1) is 5.10 Å². The molecule has 1 N–H and O–H groups in total. The molecule has 0 radical (unpaired) electrons. The van der Waals surface area contributed by atoms with E-state index >= 15 is 0 Å². The van der Waals surface area contributed by atoms with Crippen molar-refractivity contribution in [3.05, 3.63) is 10.6 Å². The molecule has 3 heterocycles. The van der Waals surface area contributed by atoms with Gasteiger partial charge < -0.3 is 10.2 Å². The summed E-state index contributed by atoms with van der Waals surface area (Å²) < 4.78 is 3.94. The Morgan fingerprint density at radius 1 is 1.47 bits per heavy atom. The molecule has 19 heavy (non-hydrogen) atoms. The maximum absolute atomic E-state index is 12.7. The van der Waals surface area contributed by atoms with Crippen LogP contribution in [0.25, 0.3) is 0 Å². The van der Waals surface area contributed by atoms with Crippen molar-refractivity contribution in [2.45, 2.75) is 32.7 Å². The first-order valence-corrected chi connectivity index (χ1v) is 7.86. The topological polar surface area (TPSA) is 58.1 Å². The third kappa shape index (κ3) is 2.07. The molecule has 1 aromatic heterocycles. The van der Waals surface area contributed by atoms with E-state index in [2.05, 4.69) is 26.7 Å². The van der Waals surface area contributed by atoms with E-state index in [-0.39, 0.29) is 5.91 Å². The van der Waals surface area contributed by atoms with Crippen molar-refractivity contribution in [2.24, 2.45) is 11.8 Å². The summed E-state index contributed by atoms with van der Waals surface area (Å²) in [4.78, 5) is 15.5. The average molecular weight is 280 g/mol. The van der Waals surface area contributed by atoms with Gasteiger partial charge in [-0.2, -0.15) is 0 Å². The van der Waals surface area contributed by atoms with Crippen LogP contribution >= 0.6 is 11.5 Å². The molecule has 2 aliphatic heterocycles. The first-order valence-electron chi connectivity index (χ1n) is 7.09. The SMILES string of the molecule is CCc1nnsc1C(=O)N1CC2CNCC2C1CC. The van der Waals surface area contributed by atoms with Crippen molar-refractivity contribution < 1.29 is 4.79 Å². The van der Waals surface area contributed by atoms with Crippen LogP contribution in [0.15, 0.2) is 0 Å². The van der Waals surface area contributed by atoms with Crippen LogP contribution in [0.4, 0.5) is 0 Å². The van der Waals surface area contributed by atoms with Gasteiger partial charge in [-0.3, -0.25) is 4.79 Å². The smallest absolute Gasteiger partial charge is 0.267 e. The largest absolute Gasteiger partial charge is 0.334 e. The molecule has 0 bridgehead atoms. The fraction of sp³-hybridized carbons (Fsp3) is 0.769. The van der Waals surface area contributed by atoms with Crippen LogP contribution in [0, 0.1) is 11.8 Å². The quantitative estimate of drug-likeness (QED) is 0.903. The van der Waals surface area contributed by atoms with E-state index in [1.807, 2.05) is 6.92 Å². The van der Waals surface area contributed by atoms with Crippen LogP contribution in [0.5, 0.6) is 0 Å². The number of aromatic nitrogens is 2. The summed E-state index contributed by atoms with van der Waals surface area (Å²) in [6, 6.07) is 0.374. The lowest BCUT2D eigenvalue weighted by Crippen LogP contribution is -2.39. The summed E-state index contributed by atoms with van der Waals surface area (Å²) in [5, 5.41) is 7.50. The molecule has 104 valence electrons. The molecular formula is C13H20N4OS. The zero-order chi connectivity index (χ0) is 13.4. The van der Waals surface area contributed by atoms with Crippen LogP contribution in [0.1, 0.15) is 35.6 Å². The highest BCUT2D eigenvalue weighted by atomic mass is 32.1. The lowest BCUT2D eigenvalue weighted by Gasteiger charge is -2.26. The third-order valence-corrected chi connectivity index (χ3v) is 5.24. The van der Waals surface area contributed by atoms with Crippen LogP contribution in [0.2, 0.25) is 0 Å². The average Bonchev–Trinajstić information content (AvgIpc) is 3.11. The molecule has 5 nitrogen and oxygen atoms in total. The Labute approximate surface area is 117 Å². The van der Waals surface area contributed by atoms with Gasteiger partial charge in [-0.1, -0.05) is 18.3 Å². The number of nitrogens with one attached hydrogen (secondary N) is 1. The molecule has 1 amide bonds. The highest BCUT2D eigenvalue weighted by molar-refractivity contribution is 7.08. The fourth-order valence-corrected chi connectivity index (χ4v) is 4.22. The van der Waals surface area contributed by atoms with E-state index in [9.17, 15) is 4.79 Å². The van der Waals surface area contributed by atoms with Gasteiger partial charge in [0.15, 0.2) is 0 Å². The van der Waals surface area contributed by atoms with Gasteiger partial charge in [-0.25, -0.2) is 0 Å². The first-order chi connectivity index (χ1) is 9.26. The molecule has 3 atom stereocenters. The minimum Gasteiger partial charge on any atom is -0.334 e. The molecule has 1 aromatic rings. The van der Waals surface area contributed by atoms with Gasteiger partial charge in [0, 0.05) is 25.7 Å². The highest BCUT2D eigenvalue weighted by Crippen LogP contribution is 2.35. The van der Waals surface area contributed by atoms with Crippen molar-refractivity contribution in [3.8, 4) is 0 Å². The van der Waals surface area contributed by atoms with Gasteiger partial charge in [0.05, 0.1) is 5.69 Å². The number of hydrogen-bond donors (Lipinski definition) is 1. The second kappa shape index (κ2) is 5.17. The number of aryl methyl sites for hydroxylation is 1. The van der Waals surface area contributed by atoms with Crippen molar-refractivity contribution in [1.82, 2.24) is 19.8 Å². The lowest BCUT2D eigenvalue weighted by atomic mass is 9.93. The summed E-state index contributed by atoms with van der Waals surface area (Å²) in [7, 11) is 0. The fourth-order valence-electron chi connectivity index (χ4n) is 3.51. The predicted octanol–water partition coefficient (Wildman–Crippen LogP) is 1.17. The number of carbonyl (C=O) groups excluding carboxylic acids is 1. The first kappa shape index (κ1) is 13.0. The Kier molecular flexibility index (Phi) is 3.54. The summed E-state index contributed by atoms with van der Waals surface area (Å²) in [5.74, 6) is 1.40. The summed E-state index contributed by atoms with van der Waals surface area (Å²) >= 11 is 1.24. The standard InChI is InChI=1S/C13H20N4OS/c1-3-10-12(19-16-15-10)13(18)17-7-8-5-14-6-9(8)11(17)4-2/h8-9,11,14H,3-7H2,1-2H3. The van der Waals surface area contributed by atoms with E-state index in [1.165, 1.54) is 11.5 Å². The molecule has 3 unspecified atom stereocenters. The third-order valence-electron chi connectivity index (χ3n) is 4.48. The Morgan fingerprint density at radius 2 is 2.32 bits per heavy atom. The van der Waals surface area contributed by atoms with Crippen molar-refractivity contribution in [3.63, 3.8) is 0 Å². The van der Waals surface area contributed by atoms with Crippen LogP contribution < -0.4 is 5.32 Å². The van der Waals surface area contributed by atoms with E-state index in [4.69, 9.17) is 0 Å². The van der Waals surface area contributed by atoms with Crippen LogP contribution in [-0.4, -0.2) is 46.1 Å². The Morgan fingerprint density at radius 3 is 3.05 bits per heavy atom. The number of rotatable bonds is 3. The Balaban J connectivity index is 1.84. The van der Waals surface area contributed by atoms with Crippen LogP contribution in [0.3, 0.4) is 0 Å². The van der Waals surface area contributed by atoms with Crippen LogP contribution in [-0.2, 0) is 6.42 Å². The Hall–Kier alpha value is -1.01. The van der Waals surface area contributed by atoms with Crippen molar-refractivity contribution >= 4 is 17.4 Å². The maximum Gasteiger partial charge on any atom is 0.267 e. The van der Waals surface area contributed by atoms with Gasteiger partial charge in [0.25, 0.3) is 5.91 Å². The van der Waals surface area contributed by atoms with Gasteiger partial charge in [0.1, 0.15) is 4.88 Å². The molecule has 0 saturated carbocycles. The molecule has 0 aliphatic carbocycles. The maximum atomic E-state index is 12.7. The van der Waals surface area contributed by atoms with E-state index < -0.39 is 0 Å². The molecule has 0 aromatic carbocycles. The van der Waals surface area contributed by atoms with Gasteiger partial charge >= 0.3 is 0 Å². The summed E-state index contributed by atoms with van der Waals surface area (Å²) in [6.07, 6.45) is 1.80. The number of likely N-dealkylation sites (tertiary alicyclic amines) is 1. The summed E-state index contributed by atoms with van der Waals surface area (Å²) in [5.41, 5.74) is 0.847. The van der Waals surface area contributed by atoms with E-state index in [0.29, 0.717) is 17.9 Å². The minimum atomic E-state index is 0.146. The Bertz CT molecular complexity index is 475.